The number of anilines is 2. The monoisotopic (exact) mass is 427 g/mol. The minimum absolute atomic E-state index is 0. The Morgan fingerprint density at radius 3 is 2.53 bits per heavy atom. The van der Waals surface area contributed by atoms with Gasteiger partial charge in [-0.1, -0.05) is 25.1 Å². The molecule has 0 aromatic heterocycles. The van der Waals surface area contributed by atoms with Gasteiger partial charge in [-0.25, -0.2) is 0 Å². The summed E-state index contributed by atoms with van der Waals surface area (Å²) in [4.78, 5) is 27.2. The normalized spacial score (nSPS) is 17.0. The van der Waals surface area contributed by atoms with Gasteiger partial charge in [-0.05, 0) is 80.1 Å². The SMILES string of the molecule is CC(CC(=O)Nc1ccc(C(=O)N2CCc3ccccc32)cc1)C1CCNCC1.Cl. The third-order valence-electron chi connectivity index (χ3n) is 6.24. The van der Waals surface area contributed by atoms with Crippen molar-refractivity contribution in [3.8, 4) is 0 Å². The van der Waals surface area contributed by atoms with Gasteiger partial charge in [0, 0.05) is 29.9 Å². The van der Waals surface area contributed by atoms with Crippen LogP contribution in [0.4, 0.5) is 11.4 Å². The second kappa shape index (κ2) is 10.1. The molecule has 1 fully saturated rings. The molecule has 1 saturated heterocycles. The van der Waals surface area contributed by atoms with Crippen LogP contribution in [0.25, 0.3) is 0 Å². The summed E-state index contributed by atoms with van der Waals surface area (Å²) < 4.78 is 0. The molecule has 160 valence electrons. The number of nitrogens with one attached hydrogen (secondary N) is 2. The van der Waals surface area contributed by atoms with Gasteiger partial charge in [-0.3, -0.25) is 9.59 Å². The van der Waals surface area contributed by atoms with Crippen LogP contribution in [0.5, 0.6) is 0 Å². The highest BCUT2D eigenvalue weighted by atomic mass is 35.5. The number of carbonyl (C=O) groups is 2. The maximum atomic E-state index is 12.9. The molecule has 2 aliphatic rings. The molecule has 2 aromatic rings. The first-order chi connectivity index (χ1) is 14.1. The molecule has 0 bridgehead atoms. The van der Waals surface area contributed by atoms with E-state index in [0.29, 0.717) is 30.4 Å². The molecular formula is C24H30ClN3O2. The summed E-state index contributed by atoms with van der Waals surface area (Å²) in [6.45, 7) is 4.98. The van der Waals surface area contributed by atoms with Crippen molar-refractivity contribution >= 4 is 35.6 Å². The maximum Gasteiger partial charge on any atom is 0.258 e. The lowest BCUT2D eigenvalue weighted by molar-refractivity contribution is -0.117. The molecule has 30 heavy (non-hydrogen) atoms. The van der Waals surface area contributed by atoms with Crippen LogP contribution in [0, 0.1) is 11.8 Å². The number of halogens is 1. The van der Waals surface area contributed by atoms with Crippen molar-refractivity contribution < 1.29 is 9.59 Å². The van der Waals surface area contributed by atoms with Crippen molar-refractivity contribution in [1.82, 2.24) is 5.32 Å². The highest BCUT2D eigenvalue weighted by Crippen LogP contribution is 2.29. The van der Waals surface area contributed by atoms with E-state index in [1.54, 1.807) is 12.1 Å². The molecule has 2 heterocycles. The van der Waals surface area contributed by atoms with E-state index in [9.17, 15) is 9.59 Å². The van der Waals surface area contributed by atoms with Crippen LogP contribution in [-0.4, -0.2) is 31.4 Å². The number of benzene rings is 2. The molecule has 0 saturated carbocycles. The van der Waals surface area contributed by atoms with Gasteiger partial charge in [0.25, 0.3) is 5.91 Å². The molecule has 2 aliphatic heterocycles. The van der Waals surface area contributed by atoms with Crippen molar-refractivity contribution in [3.63, 3.8) is 0 Å². The van der Waals surface area contributed by atoms with Gasteiger partial charge >= 0.3 is 0 Å². The van der Waals surface area contributed by atoms with E-state index < -0.39 is 0 Å². The van der Waals surface area contributed by atoms with Gasteiger partial charge in [-0.2, -0.15) is 0 Å². The summed E-state index contributed by atoms with van der Waals surface area (Å²) in [5.74, 6) is 1.05. The van der Waals surface area contributed by atoms with E-state index in [1.165, 1.54) is 5.56 Å². The summed E-state index contributed by atoms with van der Waals surface area (Å²) in [5.41, 5.74) is 3.60. The fourth-order valence-corrected chi connectivity index (χ4v) is 4.49. The number of carbonyl (C=O) groups excluding carboxylic acids is 2. The van der Waals surface area contributed by atoms with Crippen molar-refractivity contribution in [3.05, 3.63) is 59.7 Å². The van der Waals surface area contributed by atoms with E-state index in [-0.39, 0.29) is 24.2 Å². The molecule has 4 rings (SSSR count). The highest BCUT2D eigenvalue weighted by Gasteiger charge is 2.25. The number of piperidine rings is 1. The van der Waals surface area contributed by atoms with Crippen molar-refractivity contribution in [2.45, 2.75) is 32.6 Å². The number of fused-ring (bicyclic) bond motifs is 1. The Hall–Kier alpha value is -2.37. The van der Waals surface area contributed by atoms with Crippen LogP contribution in [-0.2, 0) is 11.2 Å². The Morgan fingerprint density at radius 1 is 1.10 bits per heavy atom. The van der Waals surface area contributed by atoms with Crippen molar-refractivity contribution in [2.24, 2.45) is 11.8 Å². The minimum Gasteiger partial charge on any atom is -0.326 e. The summed E-state index contributed by atoms with van der Waals surface area (Å²) in [6, 6.07) is 15.3. The quantitative estimate of drug-likeness (QED) is 0.748. The summed E-state index contributed by atoms with van der Waals surface area (Å²) >= 11 is 0. The van der Waals surface area contributed by atoms with Gasteiger partial charge in [0.2, 0.25) is 5.91 Å². The van der Waals surface area contributed by atoms with Gasteiger partial charge in [-0.15, -0.1) is 12.4 Å². The average molecular weight is 428 g/mol. The molecule has 0 spiro atoms. The number of hydrogen-bond acceptors (Lipinski definition) is 3. The number of amides is 2. The molecule has 0 aliphatic carbocycles. The van der Waals surface area contributed by atoms with E-state index in [1.807, 2.05) is 35.2 Å². The summed E-state index contributed by atoms with van der Waals surface area (Å²) in [7, 11) is 0. The molecule has 1 unspecified atom stereocenters. The lowest BCUT2D eigenvalue weighted by Gasteiger charge is -2.27. The third kappa shape index (κ3) is 5.02. The Balaban J connectivity index is 0.00000256. The largest absolute Gasteiger partial charge is 0.326 e. The summed E-state index contributed by atoms with van der Waals surface area (Å²) in [6.07, 6.45) is 3.72. The molecule has 2 amide bonds. The van der Waals surface area contributed by atoms with Gasteiger partial charge in [0.05, 0.1) is 0 Å². The first-order valence-corrected chi connectivity index (χ1v) is 10.6. The van der Waals surface area contributed by atoms with Crippen LogP contribution in [0.3, 0.4) is 0 Å². The van der Waals surface area contributed by atoms with E-state index in [0.717, 1.165) is 43.7 Å². The average Bonchev–Trinajstić information content (AvgIpc) is 3.18. The molecule has 6 heteroatoms. The fourth-order valence-electron chi connectivity index (χ4n) is 4.49. The minimum atomic E-state index is 0. The van der Waals surface area contributed by atoms with Crippen molar-refractivity contribution in [1.29, 1.82) is 0 Å². The Kier molecular flexibility index (Phi) is 7.51. The maximum absolute atomic E-state index is 12.9. The second-order valence-corrected chi connectivity index (χ2v) is 8.23. The Morgan fingerprint density at radius 2 is 1.80 bits per heavy atom. The van der Waals surface area contributed by atoms with Gasteiger partial charge in [0.15, 0.2) is 0 Å². The fraction of sp³-hybridized carbons (Fsp3) is 0.417. The van der Waals surface area contributed by atoms with Crippen LogP contribution in [0.2, 0.25) is 0 Å². The summed E-state index contributed by atoms with van der Waals surface area (Å²) in [5, 5.41) is 6.36. The third-order valence-corrected chi connectivity index (χ3v) is 6.24. The predicted molar refractivity (Wildman–Crippen MR) is 124 cm³/mol. The first kappa shape index (κ1) is 22.3. The number of nitrogens with zero attached hydrogens (tertiary/aromatic N) is 1. The number of rotatable bonds is 5. The molecule has 1 atom stereocenters. The van der Waals surface area contributed by atoms with Gasteiger partial charge in [0.1, 0.15) is 0 Å². The van der Waals surface area contributed by atoms with E-state index in [4.69, 9.17) is 0 Å². The first-order valence-electron chi connectivity index (χ1n) is 10.6. The number of para-hydroxylation sites is 1. The zero-order valence-corrected chi connectivity index (χ0v) is 18.2. The van der Waals surface area contributed by atoms with Gasteiger partial charge < -0.3 is 15.5 Å². The lowest BCUT2D eigenvalue weighted by atomic mass is 9.84. The van der Waals surface area contributed by atoms with Crippen LogP contribution < -0.4 is 15.5 Å². The zero-order chi connectivity index (χ0) is 20.2. The highest BCUT2D eigenvalue weighted by molar-refractivity contribution is 6.07. The molecule has 2 N–H and O–H groups in total. The van der Waals surface area contributed by atoms with E-state index in [2.05, 4.69) is 23.6 Å². The second-order valence-electron chi connectivity index (χ2n) is 8.23. The molecular weight excluding hydrogens is 398 g/mol. The number of hydrogen-bond donors (Lipinski definition) is 2. The Labute approximate surface area is 184 Å². The Bertz CT molecular complexity index is 878. The standard InChI is InChI=1S/C24H29N3O2.ClH/c1-17(18-10-13-25-14-11-18)16-23(28)26-21-8-6-20(7-9-21)24(29)27-15-12-19-4-2-3-5-22(19)27;/h2-9,17-18,25H,10-16H2,1H3,(H,26,28);1H. The van der Waals surface area contributed by atoms with Crippen molar-refractivity contribution in [2.75, 3.05) is 29.9 Å². The van der Waals surface area contributed by atoms with Crippen LogP contribution >= 0.6 is 12.4 Å². The smallest absolute Gasteiger partial charge is 0.258 e. The van der Waals surface area contributed by atoms with Crippen LogP contribution in [0.1, 0.15) is 42.1 Å². The molecule has 2 aromatic carbocycles. The van der Waals surface area contributed by atoms with Crippen LogP contribution in [0.15, 0.2) is 48.5 Å². The zero-order valence-electron chi connectivity index (χ0n) is 17.4. The topological polar surface area (TPSA) is 61.4 Å². The van der Waals surface area contributed by atoms with E-state index >= 15 is 0 Å². The molecule has 5 nitrogen and oxygen atoms in total. The lowest BCUT2D eigenvalue weighted by Crippen LogP contribution is -2.32. The predicted octanol–water partition coefficient (Wildman–Crippen LogP) is 4.28. The molecule has 0 radical (unpaired) electrons.